The molecule has 0 unspecified atom stereocenters. The van der Waals surface area contributed by atoms with Crippen molar-refractivity contribution < 1.29 is 18.0 Å². The van der Waals surface area contributed by atoms with Gasteiger partial charge < -0.3 is 10.2 Å². The van der Waals surface area contributed by atoms with Crippen LogP contribution in [0, 0.1) is 13.8 Å². The molecule has 1 aromatic heterocycles. The summed E-state index contributed by atoms with van der Waals surface area (Å²) in [5.41, 5.74) is 5.45. The Morgan fingerprint density at radius 1 is 0.953 bits per heavy atom. The molecule has 2 amide bonds. The van der Waals surface area contributed by atoms with Gasteiger partial charge >= 0.3 is 0 Å². The molecule has 1 N–H and O–H groups in total. The van der Waals surface area contributed by atoms with E-state index in [0.717, 1.165) is 39.6 Å². The fourth-order valence-electron chi connectivity index (χ4n) is 4.98. The van der Waals surface area contributed by atoms with Gasteiger partial charge in [-0.1, -0.05) is 42.1 Å². The standard InChI is InChI=1S/C31H34N6O4S2/c1-21-9-7-13-26(22(21)2)37-28(19-32-30(39)24-14-16-25(17-15-24)43(40,41)35(3)4)33-34-31(37)42-20-29(38)36-18-8-11-23-10-5-6-12-27(23)36/h5-7,9-10,12-17H,8,11,18-20H2,1-4H3,(H,32,39). The molecular formula is C31H34N6O4S2. The van der Waals surface area contributed by atoms with Crippen molar-refractivity contribution in [3.8, 4) is 5.69 Å². The molecule has 2 heterocycles. The lowest BCUT2D eigenvalue weighted by Gasteiger charge is -2.29. The van der Waals surface area contributed by atoms with E-state index in [9.17, 15) is 18.0 Å². The summed E-state index contributed by atoms with van der Waals surface area (Å²) < 4.78 is 27.8. The molecule has 224 valence electrons. The second-order valence-electron chi connectivity index (χ2n) is 10.5. The minimum absolute atomic E-state index is 0.00208. The maximum atomic E-state index is 13.4. The second kappa shape index (κ2) is 12.7. The predicted octanol–water partition coefficient (Wildman–Crippen LogP) is 4.14. The number of benzene rings is 3. The molecule has 0 bridgehead atoms. The zero-order valence-electron chi connectivity index (χ0n) is 24.6. The maximum Gasteiger partial charge on any atom is 0.251 e. The van der Waals surface area contributed by atoms with Gasteiger partial charge in [0.25, 0.3) is 5.91 Å². The van der Waals surface area contributed by atoms with Crippen LogP contribution in [0.5, 0.6) is 0 Å². The van der Waals surface area contributed by atoms with Crippen molar-refractivity contribution in [2.75, 3.05) is 31.3 Å². The Morgan fingerprint density at radius 2 is 1.67 bits per heavy atom. The second-order valence-corrected chi connectivity index (χ2v) is 13.6. The van der Waals surface area contributed by atoms with Gasteiger partial charge in [-0.25, -0.2) is 12.7 Å². The topological polar surface area (TPSA) is 117 Å². The summed E-state index contributed by atoms with van der Waals surface area (Å²) >= 11 is 1.32. The summed E-state index contributed by atoms with van der Waals surface area (Å²) in [5, 5.41) is 12.2. The van der Waals surface area contributed by atoms with Crippen molar-refractivity contribution in [2.45, 2.75) is 43.3 Å². The van der Waals surface area contributed by atoms with Crippen LogP contribution in [0.2, 0.25) is 0 Å². The zero-order chi connectivity index (χ0) is 30.7. The summed E-state index contributed by atoms with van der Waals surface area (Å²) in [7, 11) is -0.688. The molecule has 10 nitrogen and oxygen atoms in total. The van der Waals surface area contributed by atoms with E-state index in [1.807, 2.05) is 59.7 Å². The Labute approximate surface area is 256 Å². The smallest absolute Gasteiger partial charge is 0.251 e. The highest BCUT2D eigenvalue weighted by molar-refractivity contribution is 7.99. The highest BCUT2D eigenvalue weighted by Gasteiger charge is 2.24. The van der Waals surface area contributed by atoms with E-state index in [-0.39, 0.29) is 29.0 Å². The number of sulfonamides is 1. The monoisotopic (exact) mass is 618 g/mol. The van der Waals surface area contributed by atoms with Gasteiger partial charge in [-0.15, -0.1) is 10.2 Å². The van der Waals surface area contributed by atoms with Crippen LogP contribution in [0.4, 0.5) is 5.69 Å². The molecule has 1 aliphatic heterocycles. The number of nitrogens with one attached hydrogen (secondary N) is 1. The number of hydrogen-bond acceptors (Lipinski definition) is 7. The Hall–Kier alpha value is -4.00. The van der Waals surface area contributed by atoms with Gasteiger partial charge in [-0.05, 0) is 79.8 Å². The number of anilines is 1. The minimum atomic E-state index is -3.60. The largest absolute Gasteiger partial charge is 0.345 e. The first kappa shape index (κ1) is 30.5. The number of carbonyl (C=O) groups excluding carboxylic acids is 2. The molecule has 0 aliphatic carbocycles. The molecule has 5 rings (SSSR count). The highest BCUT2D eigenvalue weighted by atomic mass is 32.2. The quantitative estimate of drug-likeness (QED) is 0.280. The van der Waals surface area contributed by atoms with Gasteiger partial charge in [0, 0.05) is 31.9 Å². The highest BCUT2D eigenvalue weighted by Crippen LogP contribution is 2.30. The summed E-state index contributed by atoms with van der Waals surface area (Å²) in [6.07, 6.45) is 1.88. The molecule has 4 aromatic rings. The third-order valence-corrected chi connectivity index (χ3v) is 10.3. The van der Waals surface area contributed by atoms with Crippen LogP contribution < -0.4 is 10.2 Å². The number of nitrogens with zero attached hydrogens (tertiary/aromatic N) is 5. The minimum Gasteiger partial charge on any atom is -0.345 e. The van der Waals surface area contributed by atoms with Crippen LogP contribution in [0.3, 0.4) is 0 Å². The number of hydrogen-bond donors (Lipinski definition) is 1. The van der Waals surface area contributed by atoms with Crippen molar-refractivity contribution in [1.29, 1.82) is 0 Å². The van der Waals surface area contributed by atoms with E-state index in [4.69, 9.17) is 0 Å². The lowest BCUT2D eigenvalue weighted by molar-refractivity contribution is -0.116. The van der Waals surface area contributed by atoms with Gasteiger partial charge in [0.1, 0.15) is 0 Å². The van der Waals surface area contributed by atoms with E-state index in [1.54, 1.807) is 0 Å². The first-order chi connectivity index (χ1) is 20.6. The van der Waals surface area contributed by atoms with Crippen LogP contribution in [0.25, 0.3) is 5.69 Å². The Bertz CT molecular complexity index is 1770. The van der Waals surface area contributed by atoms with Crippen molar-refractivity contribution in [3.05, 3.63) is 94.8 Å². The molecular weight excluding hydrogens is 585 g/mol. The van der Waals surface area contributed by atoms with Gasteiger partial charge in [-0.3, -0.25) is 14.2 Å². The molecule has 43 heavy (non-hydrogen) atoms. The van der Waals surface area contributed by atoms with E-state index < -0.39 is 10.0 Å². The molecule has 0 saturated carbocycles. The van der Waals surface area contributed by atoms with E-state index in [2.05, 4.69) is 21.6 Å². The average molecular weight is 619 g/mol. The molecule has 0 fully saturated rings. The summed E-state index contributed by atoms with van der Waals surface area (Å²) in [4.78, 5) is 28.3. The maximum absolute atomic E-state index is 13.4. The zero-order valence-corrected chi connectivity index (χ0v) is 26.2. The normalized spacial score (nSPS) is 13.2. The van der Waals surface area contributed by atoms with Gasteiger partial charge in [0.15, 0.2) is 11.0 Å². The van der Waals surface area contributed by atoms with Gasteiger partial charge in [0.05, 0.1) is 22.9 Å². The Morgan fingerprint density at radius 3 is 2.42 bits per heavy atom. The number of para-hydroxylation sites is 1. The van der Waals surface area contributed by atoms with Crippen molar-refractivity contribution in [2.24, 2.45) is 0 Å². The van der Waals surface area contributed by atoms with Crippen LogP contribution >= 0.6 is 11.8 Å². The number of amides is 2. The van der Waals surface area contributed by atoms with Crippen LogP contribution in [0.15, 0.2) is 76.8 Å². The first-order valence-corrected chi connectivity index (χ1v) is 16.3. The molecule has 3 aromatic carbocycles. The molecule has 1 aliphatic rings. The third-order valence-electron chi connectivity index (χ3n) is 7.56. The molecule has 0 saturated heterocycles. The van der Waals surface area contributed by atoms with Gasteiger partial charge in [0.2, 0.25) is 15.9 Å². The molecule has 12 heteroatoms. The fraction of sp³-hybridized carbons (Fsp3) is 0.290. The fourth-order valence-corrected chi connectivity index (χ4v) is 6.72. The van der Waals surface area contributed by atoms with Crippen molar-refractivity contribution >= 4 is 39.3 Å². The van der Waals surface area contributed by atoms with E-state index in [0.29, 0.717) is 23.1 Å². The first-order valence-electron chi connectivity index (χ1n) is 13.9. The number of thioether (sulfide) groups is 1. The summed E-state index contributed by atoms with van der Waals surface area (Å²) in [6.45, 7) is 4.79. The lowest BCUT2D eigenvalue weighted by atomic mass is 10.0. The number of aromatic nitrogens is 3. The Balaban J connectivity index is 1.36. The number of rotatable bonds is 9. The molecule has 0 atom stereocenters. The Kier molecular flexibility index (Phi) is 9.00. The lowest BCUT2D eigenvalue weighted by Crippen LogP contribution is -2.36. The van der Waals surface area contributed by atoms with Crippen LogP contribution in [0.1, 0.15) is 39.3 Å². The SMILES string of the molecule is Cc1cccc(-n2c(CNC(=O)c3ccc(S(=O)(=O)N(C)C)cc3)nnc2SCC(=O)N2CCCc3ccccc32)c1C. The van der Waals surface area contributed by atoms with Gasteiger partial charge in [-0.2, -0.15) is 0 Å². The number of fused-ring (bicyclic) bond motifs is 1. The third kappa shape index (κ3) is 6.36. The van der Waals surface area contributed by atoms with E-state index in [1.165, 1.54) is 55.7 Å². The number of aryl methyl sites for hydroxylation is 2. The van der Waals surface area contributed by atoms with Crippen molar-refractivity contribution in [1.82, 2.24) is 24.4 Å². The summed E-state index contributed by atoms with van der Waals surface area (Å²) in [6, 6.07) is 19.7. The average Bonchev–Trinajstić information content (AvgIpc) is 3.42. The predicted molar refractivity (Wildman–Crippen MR) is 167 cm³/mol. The molecule has 0 radical (unpaired) electrons. The van der Waals surface area contributed by atoms with Crippen LogP contribution in [-0.2, 0) is 27.8 Å². The molecule has 0 spiro atoms. The van der Waals surface area contributed by atoms with Crippen molar-refractivity contribution in [3.63, 3.8) is 0 Å². The van der Waals surface area contributed by atoms with Crippen LogP contribution in [-0.4, -0.2) is 65.7 Å². The summed E-state index contributed by atoms with van der Waals surface area (Å²) in [5.74, 6) is 0.318. The number of carbonyl (C=O) groups is 2. The van der Waals surface area contributed by atoms with E-state index >= 15 is 0 Å².